The van der Waals surface area contributed by atoms with E-state index in [0.29, 0.717) is 5.82 Å². The minimum atomic E-state index is -4.48. The number of para-hydroxylation sites is 1. The molecule has 2 aliphatic rings. The Hall–Kier alpha value is -2.31. The van der Waals surface area contributed by atoms with Crippen molar-refractivity contribution in [1.29, 1.82) is 0 Å². The molecule has 1 aliphatic heterocycles. The van der Waals surface area contributed by atoms with Crippen LogP contribution in [-0.4, -0.2) is 15.8 Å². The topological polar surface area (TPSA) is 47.0 Å². The maximum atomic E-state index is 12.6. The molecule has 4 rings (SSSR count). The number of nitrogens with zero attached hydrogens (tertiary/aromatic N) is 2. The highest BCUT2D eigenvalue weighted by Crippen LogP contribution is 2.47. The summed E-state index contributed by atoms with van der Waals surface area (Å²) in [5.41, 5.74) is -0.176. The molecule has 1 aromatic carbocycles. The number of rotatable bonds is 2. The standard InChI is InChI=1S/C18H18F3N3O/c19-18(20,21)15-7-8-16(24-23-15)22-13-11-17(9-3-4-10-17)25-14-6-2-1-5-12(13)14/h1-2,5-8,13H,3-4,9-11H2,(H,22,24). The maximum Gasteiger partial charge on any atom is 0.435 e. The van der Waals surface area contributed by atoms with Gasteiger partial charge in [0, 0.05) is 12.0 Å². The average Bonchev–Trinajstić information content (AvgIpc) is 3.02. The van der Waals surface area contributed by atoms with E-state index in [1.165, 1.54) is 6.07 Å². The Kier molecular flexibility index (Phi) is 3.81. The highest BCUT2D eigenvalue weighted by atomic mass is 19.4. The van der Waals surface area contributed by atoms with Gasteiger partial charge in [0.2, 0.25) is 0 Å². The molecule has 0 saturated heterocycles. The van der Waals surface area contributed by atoms with Crippen LogP contribution in [-0.2, 0) is 6.18 Å². The number of nitrogens with one attached hydrogen (secondary N) is 1. The fourth-order valence-corrected chi connectivity index (χ4v) is 3.81. The van der Waals surface area contributed by atoms with E-state index in [1.54, 1.807) is 0 Å². The Labute approximate surface area is 143 Å². The van der Waals surface area contributed by atoms with Crippen molar-refractivity contribution in [1.82, 2.24) is 10.2 Å². The van der Waals surface area contributed by atoms with Gasteiger partial charge in [-0.3, -0.25) is 0 Å². The fourth-order valence-electron chi connectivity index (χ4n) is 3.81. The molecule has 2 heterocycles. The molecule has 0 radical (unpaired) electrons. The van der Waals surface area contributed by atoms with E-state index >= 15 is 0 Å². The Morgan fingerprint density at radius 3 is 2.48 bits per heavy atom. The Morgan fingerprint density at radius 2 is 1.80 bits per heavy atom. The zero-order valence-corrected chi connectivity index (χ0v) is 13.5. The Balaban J connectivity index is 1.60. The summed E-state index contributed by atoms with van der Waals surface area (Å²) in [6.45, 7) is 0. The molecule has 25 heavy (non-hydrogen) atoms. The molecule has 1 atom stereocenters. The van der Waals surface area contributed by atoms with E-state index in [2.05, 4.69) is 15.5 Å². The van der Waals surface area contributed by atoms with Crippen molar-refractivity contribution in [3.05, 3.63) is 47.7 Å². The van der Waals surface area contributed by atoms with Crippen LogP contribution in [0.25, 0.3) is 0 Å². The van der Waals surface area contributed by atoms with Crippen LogP contribution in [0.4, 0.5) is 19.0 Å². The molecular formula is C18H18F3N3O. The van der Waals surface area contributed by atoms with Gasteiger partial charge in [0.15, 0.2) is 5.69 Å². The predicted molar refractivity (Wildman–Crippen MR) is 86.3 cm³/mol. The number of fused-ring (bicyclic) bond motifs is 1. The first-order valence-electron chi connectivity index (χ1n) is 8.41. The predicted octanol–water partition coefficient (Wildman–Crippen LogP) is 4.74. The maximum absolute atomic E-state index is 12.6. The second-order valence-corrected chi connectivity index (χ2v) is 6.73. The number of hydrogen-bond donors (Lipinski definition) is 1. The van der Waals surface area contributed by atoms with Gasteiger partial charge in [0.1, 0.15) is 17.2 Å². The van der Waals surface area contributed by atoms with Gasteiger partial charge in [0.05, 0.1) is 6.04 Å². The van der Waals surface area contributed by atoms with Crippen LogP contribution >= 0.6 is 0 Å². The minimum absolute atomic E-state index is 0.0610. The van der Waals surface area contributed by atoms with Crippen LogP contribution < -0.4 is 10.1 Å². The summed E-state index contributed by atoms with van der Waals surface area (Å²) in [7, 11) is 0. The third-order valence-electron chi connectivity index (χ3n) is 4.99. The summed E-state index contributed by atoms with van der Waals surface area (Å²) in [4.78, 5) is 0. The number of aromatic nitrogens is 2. The molecular weight excluding hydrogens is 331 g/mol. The highest BCUT2D eigenvalue weighted by molar-refractivity contribution is 5.45. The number of ether oxygens (including phenoxy) is 1. The van der Waals surface area contributed by atoms with Crippen LogP contribution in [0.3, 0.4) is 0 Å². The van der Waals surface area contributed by atoms with E-state index in [9.17, 15) is 13.2 Å². The largest absolute Gasteiger partial charge is 0.487 e. The molecule has 4 nitrogen and oxygen atoms in total. The Bertz CT molecular complexity index is 755. The molecule has 132 valence electrons. The number of benzene rings is 1. The highest BCUT2D eigenvalue weighted by Gasteiger charge is 2.43. The first-order chi connectivity index (χ1) is 12.0. The fraction of sp³-hybridized carbons (Fsp3) is 0.444. The minimum Gasteiger partial charge on any atom is -0.487 e. The third-order valence-corrected chi connectivity index (χ3v) is 4.99. The first kappa shape index (κ1) is 16.2. The summed E-state index contributed by atoms with van der Waals surface area (Å²) in [6.07, 6.45) is 0.553. The lowest BCUT2D eigenvalue weighted by Crippen LogP contribution is -2.40. The van der Waals surface area contributed by atoms with E-state index in [-0.39, 0.29) is 11.6 Å². The summed E-state index contributed by atoms with van der Waals surface area (Å²) in [5, 5.41) is 10.2. The van der Waals surface area contributed by atoms with Crippen LogP contribution in [0.2, 0.25) is 0 Å². The quantitative estimate of drug-likeness (QED) is 0.850. The molecule has 1 saturated carbocycles. The van der Waals surface area contributed by atoms with Crippen molar-refractivity contribution in [2.24, 2.45) is 0 Å². The summed E-state index contributed by atoms with van der Waals surface area (Å²) < 4.78 is 44.2. The molecule has 1 unspecified atom stereocenters. The first-order valence-corrected chi connectivity index (χ1v) is 8.41. The van der Waals surface area contributed by atoms with Crippen molar-refractivity contribution < 1.29 is 17.9 Å². The average molecular weight is 349 g/mol. The van der Waals surface area contributed by atoms with Crippen LogP contribution in [0, 0.1) is 0 Å². The number of alkyl halides is 3. The van der Waals surface area contributed by atoms with Crippen molar-refractivity contribution in [3.8, 4) is 5.75 Å². The Morgan fingerprint density at radius 1 is 1.04 bits per heavy atom. The van der Waals surface area contributed by atoms with Crippen molar-refractivity contribution >= 4 is 5.82 Å². The molecule has 1 spiro atoms. The molecule has 2 aromatic rings. The van der Waals surface area contributed by atoms with Gasteiger partial charge in [-0.05, 0) is 43.9 Å². The molecule has 0 bridgehead atoms. The second kappa shape index (κ2) is 5.89. The monoisotopic (exact) mass is 349 g/mol. The molecule has 1 aliphatic carbocycles. The molecule has 1 N–H and O–H groups in total. The zero-order valence-electron chi connectivity index (χ0n) is 13.5. The molecule has 1 aromatic heterocycles. The van der Waals surface area contributed by atoms with Crippen molar-refractivity contribution in [2.45, 2.75) is 49.9 Å². The number of halogens is 3. The smallest absolute Gasteiger partial charge is 0.435 e. The van der Waals surface area contributed by atoms with E-state index in [4.69, 9.17) is 4.74 Å². The van der Waals surface area contributed by atoms with Gasteiger partial charge >= 0.3 is 6.18 Å². The lowest BCUT2D eigenvalue weighted by Gasteiger charge is -2.40. The van der Waals surface area contributed by atoms with Gasteiger partial charge < -0.3 is 10.1 Å². The van der Waals surface area contributed by atoms with Gasteiger partial charge in [-0.15, -0.1) is 10.2 Å². The van der Waals surface area contributed by atoms with Gasteiger partial charge in [-0.25, -0.2) is 0 Å². The number of hydrogen-bond acceptors (Lipinski definition) is 4. The third kappa shape index (κ3) is 3.15. The normalized spacial score (nSPS) is 21.6. The van der Waals surface area contributed by atoms with E-state index in [1.807, 2.05) is 24.3 Å². The van der Waals surface area contributed by atoms with Crippen LogP contribution in [0.5, 0.6) is 5.75 Å². The van der Waals surface area contributed by atoms with Gasteiger partial charge in [-0.1, -0.05) is 18.2 Å². The molecule has 0 amide bonds. The molecule has 1 fully saturated rings. The van der Waals surface area contributed by atoms with Crippen molar-refractivity contribution in [2.75, 3.05) is 5.32 Å². The zero-order chi connectivity index (χ0) is 17.5. The van der Waals surface area contributed by atoms with Gasteiger partial charge in [-0.2, -0.15) is 13.2 Å². The van der Waals surface area contributed by atoms with Crippen LogP contribution in [0.1, 0.15) is 49.4 Å². The van der Waals surface area contributed by atoms with Crippen molar-refractivity contribution in [3.63, 3.8) is 0 Å². The van der Waals surface area contributed by atoms with E-state index < -0.39 is 11.9 Å². The summed E-state index contributed by atoms with van der Waals surface area (Å²) >= 11 is 0. The van der Waals surface area contributed by atoms with Gasteiger partial charge in [0.25, 0.3) is 0 Å². The summed E-state index contributed by atoms with van der Waals surface area (Å²) in [6, 6.07) is 10.0. The van der Waals surface area contributed by atoms with E-state index in [0.717, 1.165) is 49.5 Å². The lowest BCUT2D eigenvalue weighted by atomic mass is 9.86. The summed E-state index contributed by atoms with van der Waals surface area (Å²) in [5.74, 6) is 1.18. The number of anilines is 1. The second-order valence-electron chi connectivity index (χ2n) is 6.73. The SMILES string of the molecule is FC(F)(F)c1ccc(NC2CC3(CCCC3)Oc3ccccc32)nn1. The lowest BCUT2D eigenvalue weighted by molar-refractivity contribution is -0.141. The molecule has 7 heteroatoms. The van der Waals surface area contributed by atoms with Crippen LogP contribution in [0.15, 0.2) is 36.4 Å².